The van der Waals surface area contributed by atoms with Crippen molar-refractivity contribution in [3.8, 4) is 0 Å². The SMILES string of the molecule is CCNC(=NCc1ccc(F)c(C)c1)NCC(=O)Nc1ccc(F)cc1. The van der Waals surface area contributed by atoms with E-state index in [1.54, 1.807) is 19.1 Å². The van der Waals surface area contributed by atoms with Crippen LogP contribution in [0.4, 0.5) is 14.5 Å². The van der Waals surface area contributed by atoms with Crippen LogP contribution in [-0.2, 0) is 11.3 Å². The normalized spacial score (nSPS) is 11.2. The maximum absolute atomic E-state index is 13.3. The first-order valence-electron chi connectivity index (χ1n) is 8.30. The zero-order valence-corrected chi connectivity index (χ0v) is 14.8. The summed E-state index contributed by atoms with van der Waals surface area (Å²) in [5.74, 6) is -0.414. The number of hydrogen-bond donors (Lipinski definition) is 3. The summed E-state index contributed by atoms with van der Waals surface area (Å²) in [6, 6.07) is 10.4. The van der Waals surface area contributed by atoms with Crippen molar-refractivity contribution in [3.63, 3.8) is 0 Å². The van der Waals surface area contributed by atoms with Gasteiger partial charge in [0.05, 0.1) is 13.1 Å². The average Bonchev–Trinajstić information content (AvgIpc) is 2.62. The topological polar surface area (TPSA) is 65.5 Å². The molecule has 0 saturated heterocycles. The number of amides is 1. The molecule has 0 aliphatic heterocycles. The minimum Gasteiger partial charge on any atom is -0.357 e. The molecule has 0 radical (unpaired) electrons. The largest absolute Gasteiger partial charge is 0.357 e. The van der Waals surface area contributed by atoms with Gasteiger partial charge in [0.2, 0.25) is 5.91 Å². The molecule has 0 heterocycles. The van der Waals surface area contributed by atoms with Crippen LogP contribution in [0.5, 0.6) is 0 Å². The molecule has 1 amide bonds. The molecule has 2 aromatic carbocycles. The number of nitrogens with zero attached hydrogens (tertiary/aromatic N) is 1. The molecule has 0 bridgehead atoms. The van der Waals surface area contributed by atoms with E-state index in [4.69, 9.17) is 0 Å². The van der Waals surface area contributed by atoms with E-state index in [1.165, 1.54) is 30.3 Å². The van der Waals surface area contributed by atoms with E-state index in [-0.39, 0.29) is 24.1 Å². The van der Waals surface area contributed by atoms with Gasteiger partial charge in [-0.2, -0.15) is 0 Å². The second-order valence-electron chi connectivity index (χ2n) is 5.69. The number of halogens is 2. The summed E-state index contributed by atoms with van der Waals surface area (Å²) in [5, 5.41) is 8.63. The van der Waals surface area contributed by atoms with Crippen LogP contribution in [0.15, 0.2) is 47.5 Å². The van der Waals surface area contributed by atoms with Crippen molar-refractivity contribution in [1.82, 2.24) is 10.6 Å². The molecule has 3 N–H and O–H groups in total. The van der Waals surface area contributed by atoms with Crippen LogP contribution < -0.4 is 16.0 Å². The quantitative estimate of drug-likeness (QED) is 0.548. The van der Waals surface area contributed by atoms with Crippen LogP contribution in [0.3, 0.4) is 0 Å². The third-order valence-electron chi connectivity index (χ3n) is 3.53. The number of carbonyl (C=O) groups is 1. The van der Waals surface area contributed by atoms with E-state index in [1.807, 2.05) is 6.92 Å². The third kappa shape index (κ3) is 6.16. The molecule has 2 aromatic rings. The van der Waals surface area contributed by atoms with Gasteiger partial charge in [-0.05, 0) is 55.3 Å². The first-order chi connectivity index (χ1) is 12.5. The maximum Gasteiger partial charge on any atom is 0.243 e. The van der Waals surface area contributed by atoms with Gasteiger partial charge in [0.1, 0.15) is 11.6 Å². The Bertz CT molecular complexity index is 776. The van der Waals surface area contributed by atoms with Crippen LogP contribution >= 0.6 is 0 Å². The number of guanidine groups is 1. The van der Waals surface area contributed by atoms with Gasteiger partial charge in [0, 0.05) is 12.2 Å². The fourth-order valence-electron chi connectivity index (χ4n) is 2.22. The lowest BCUT2D eigenvalue weighted by atomic mass is 10.1. The molecule has 0 unspecified atom stereocenters. The summed E-state index contributed by atoms with van der Waals surface area (Å²) in [5.41, 5.74) is 1.95. The Morgan fingerprint density at radius 1 is 1.08 bits per heavy atom. The van der Waals surface area contributed by atoms with Crippen molar-refractivity contribution in [3.05, 3.63) is 65.2 Å². The Morgan fingerprint density at radius 2 is 1.81 bits per heavy atom. The summed E-state index contributed by atoms with van der Waals surface area (Å²) in [6.07, 6.45) is 0. The van der Waals surface area contributed by atoms with Crippen molar-refractivity contribution in [2.24, 2.45) is 4.99 Å². The second kappa shape index (κ2) is 9.50. The highest BCUT2D eigenvalue weighted by molar-refractivity contribution is 5.94. The van der Waals surface area contributed by atoms with Crippen molar-refractivity contribution < 1.29 is 13.6 Å². The van der Waals surface area contributed by atoms with Crippen LogP contribution in [-0.4, -0.2) is 25.0 Å². The van der Waals surface area contributed by atoms with E-state index < -0.39 is 0 Å². The van der Waals surface area contributed by atoms with Gasteiger partial charge in [-0.15, -0.1) is 0 Å². The predicted molar refractivity (Wildman–Crippen MR) is 99.0 cm³/mol. The molecule has 0 spiro atoms. The molecule has 0 saturated carbocycles. The van der Waals surface area contributed by atoms with Crippen LogP contribution in [0.25, 0.3) is 0 Å². The lowest BCUT2D eigenvalue weighted by Crippen LogP contribution is -2.41. The summed E-state index contributed by atoms with van der Waals surface area (Å²) < 4.78 is 26.2. The summed E-state index contributed by atoms with van der Waals surface area (Å²) in [7, 11) is 0. The molecule has 138 valence electrons. The van der Waals surface area contributed by atoms with Gasteiger partial charge >= 0.3 is 0 Å². The molecule has 0 fully saturated rings. The number of benzene rings is 2. The van der Waals surface area contributed by atoms with Gasteiger partial charge in [0.15, 0.2) is 5.96 Å². The lowest BCUT2D eigenvalue weighted by molar-refractivity contribution is -0.115. The van der Waals surface area contributed by atoms with Crippen molar-refractivity contribution in [2.45, 2.75) is 20.4 Å². The minimum atomic E-state index is -0.362. The zero-order chi connectivity index (χ0) is 18.9. The highest BCUT2D eigenvalue weighted by Gasteiger charge is 2.05. The number of hydrogen-bond acceptors (Lipinski definition) is 2. The number of carbonyl (C=O) groups excluding carboxylic acids is 1. The molecule has 2 rings (SSSR count). The predicted octanol–water partition coefficient (Wildman–Crippen LogP) is 2.97. The highest BCUT2D eigenvalue weighted by Crippen LogP contribution is 2.10. The minimum absolute atomic E-state index is 0.00561. The van der Waals surface area contributed by atoms with Gasteiger partial charge in [-0.25, -0.2) is 13.8 Å². The number of aryl methyl sites for hydroxylation is 1. The number of nitrogens with one attached hydrogen (secondary N) is 3. The first kappa shape index (κ1) is 19.4. The maximum atomic E-state index is 13.3. The molecule has 5 nitrogen and oxygen atoms in total. The summed E-state index contributed by atoms with van der Waals surface area (Å²) >= 11 is 0. The van der Waals surface area contributed by atoms with Crippen LogP contribution in [0, 0.1) is 18.6 Å². The van der Waals surface area contributed by atoms with Gasteiger partial charge in [-0.1, -0.05) is 12.1 Å². The van der Waals surface area contributed by atoms with E-state index >= 15 is 0 Å². The molecule has 0 aliphatic carbocycles. The number of anilines is 1. The fraction of sp³-hybridized carbons (Fsp3) is 0.263. The van der Waals surface area contributed by atoms with Crippen molar-refractivity contribution in [2.75, 3.05) is 18.4 Å². The Labute approximate surface area is 151 Å². The fourth-order valence-corrected chi connectivity index (χ4v) is 2.22. The molecule has 0 aromatic heterocycles. The number of rotatable bonds is 6. The Balaban J connectivity index is 1.90. The zero-order valence-electron chi connectivity index (χ0n) is 14.8. The molecule has 0 aliphatic rings. The van der Waals surface area contributed by atoms with Gasteiger partial charge in [0.25, 0.3) is 0 Å². The number of aliphatic imine (C=N–C) groups is 1. The van der Waals surface area contributed by atoms with Gasteiger partial charge < -0.3 is 16.0 Å². The van der Waals surface area contributed by atoms with Crippen molar-refractivity contribution in [1.29, 1.82) is 0 Å². The van der Waals surface area contributed by atoms with Crippen LogP contribution in [0.2, 0.25) is 0 Å². The smallest absolute Gasteiger partial charge is 0.243 e. The summed E-state index contributed by atoms with van der Waals surface area (Å²) in [4.78, 5) is 16.4. The lowest BCUT2D eigenvalue weighted by Gasteiger charge is -2.12. The van der Waals surface area contributed by atoms with Gasteiger partial charge in [-0.3, -0.25) is 4.79 Å². The van der Waals surface area contributed by atoms with Crippen molar-refractivity contribution >= 4 is 17.6 Å². The van der Waals surface area contributed by atoms with Crippen LogP contribution in [0.1, 0.15) is 18.1 Å². The monoisotopic (exact) mass is 360 g/mol. The molecular formula is C19H22F2N4O. The molecule has 7 heteroatoms. The Hall–Kier alpha value is -2.96. The van der Waals surface area contributed by atoms with E-state index in [0.29, 0.717) is 30.3 Å². The highest BCUT2D eigenvalue weighted by atomic mass is 19.1. The second-order valence-corrected chi connectivity index (χ2v) is 5.69. The van der Waals surface area contributed by atoms with E-state index in [0.717, 1.165) is 5.56 Å². The Kier molecular flexibility index (Phi) is 7.08. The Morgan fingerprint density at radius 3 is 2.46 bits per heavy atom. The van der Waals surface area contributed by atoms with E-state index in [9.17, 15) is 13.6 Å². The standard InChI is InChI=1S/C19H22F2N4O/c1-3-22-19(23-11-14-4-9-17(21)13(2)10-14)24-12-18(26)25-16-7-5-15(20)6-8-16/h4-10H,3,11-12H2,1-2H3,(H,25,26)(H2,22,23,24). The molecular weight excluding hydrogens is 338 g/mol. The first-order valence-corrected chi connectivity index (χ1v) is 8.30. The van der Waals surface area contributed by atoms with E-state index in [2.05, 4.69) is 20.9 Å². The third-order valence-corrected chi connectivity index (χ3v) is 3.53. The molecule has 26 heavy (non-hydrogen) atoms. The molecule has 0 atom stereocenters. The summed E-state index contributed by atoms with van der Waals surface area (Å²) in [6.45, 7) is 4.61. The average molecular weight is 360 g/mol.